The fraction of sp³-hybridized carbons (Fsp3) is 0.526. The highest BCUT2D eigenvalue weighted by atomic mass is 127. The number of nitrogens with zero attached hydrogens (tertiary/aromatic N) is 3. The van der Waals surface area contributed by atoms with E-state index < -0.39 is 0 Å². The van der Waals surface area contributed by atoms with Gasteiger partial charge < -0.3 is 15.5 Å². The maximum absolute atomic E-state index is 5.30. The van der Waals surface area contributed by atoms with Crippen LogP contribution in [0, 0.1) is 12.3 Å². The maximum Gasteiger partial charge on any atom is 0.192 e. The second-order valence-corrected chi connectivity index (χ2v) is 5.98. The number of terminal acetylenes is 1. The molecule has 2 rings (SSSR count). The van der Waals surface area contributed by atoms with E-state index in [1.807, 2.05) is 0 Å². The summed E-state index contributed by atoms with van der Waals surface area (Å²) in [6.45, 7) is 10.7. The molecule has 1 atom stereocenters. The molecule has 25 heavy (non-hydrogen) atoms. The number of piperazine rings is 1. The van der Waals surface area contributed by atoms with E-state index in [2.05, 4.69) is 75.5 Å². The number of benzene rings is 1. The van der Waals surface area contributed by atoms with Crippen LogP contribution >= 0.6 is 24.0 Å². The van der Waals surface area contributed by atoms with Gasteiger partial charge in [-0.05, 0) is 26.0 Å². The molecule has 1 aliphatic heterocycles. The summed E-state index contributed by atoms with van der Waals surface area (Å²) in [4.78, 5) is 9.60. The molecular formula is C19H30IN5. The number of hydrogen-bond acceptors (Lipinski definition) is 3. The number of guanidine groups is 1. The van der Waals surface area contributed by atoms with Crippen molar-refractivity contribution in [2.24, 2.45) is 4.99 Å². The summed E-state index contributed by atoms with van der Waals surface area (Å²) in [7, 11) is 0. The van der Waals surface area contributed by atoms with Crippen LogP contribution in [0.25, 0.3) is 0 Å². The SMILES string of the molecule is C#CCNC(=NCC(C)N1CCN(c2ccccc2)CC1)NCC.I. The lowest BCUT2D eigenvalue weighted by atomic mass is 10.2. The molecule has 1 aromatic carbocycles. The fourth-order valence-corrected chi connectivity index (χ4v) is 2.88. The molecule has 0 radical (unpaired) electrons. The van der Waals surface area contributed by atoms with Crippen molar-refractivity contribution in [3.8, 4) is 12.3 Å². The maximum atomic E-state index is 5.30. The van der Waals surface area contributed by atoms with Crippen LogP contribution < -0.4 is 15.5 Å². The number of rotatable bonds is 6. The van der Waals surface area contributed by atoms with Crippen LogP contribution in [0.15, 0.2) is 35.3 Å². The topological polar surface area (TPSA) is 42.9 Å². The molecule has 0 bridgehead atoms. The van der Waals surface area contributed by atoms with Gasteiger partial charge in [-0.15, -0.1) is 30.4 Å². The van der Waals surface area contributed by atoms with E-state index >= 15 is 0 Å². The Hall–Kier alpha value is -1.46. The Morgan fingerprint density at radius 3 is 2.48 bits per heavy atom. The molecule has 5 nitrogen and oxygen atoms in total. The molecule has 1 unspecified atom stereocenters. The molecule has 2 N–H and O–H groups in total. The van der Waals surface area contributed by atoms with Crippen molar-refractivity contribution in [3.63, 3.8) is 0 Å². The predicted octanol–water partition coefficient (Wildman–Crippen LogP) is 2.00. The lowest BCUT2D eigenvalue weighted by Gasteiger charge is -2.38. The zero-order chi connectivity index (χ0) is 17.2. The van der Waals surface area contributed by atoms with Gasteiger partial charge in [0, 0.05) is 44.5 Å². The molecular weight excluding hydrogens is 425 g/mol. The normalized spacial score (nSPS) is 16.5. The third-order valence-electron chi connectivity index (χ3n) is 4.27. The van der Waals surface area contributed by atoms with E-state index in [-0.39, 0.29) is 24.0 Å². The molecule has 6 heteroatoms. The lowest BCUT2D eigenvalue weighted by molar-refractivity contribution is 0.201. The van der Waals surface area contributed by atoms with Crippen LogP contribution in [0.4, 0.5) is 5.69 Å². The Bertz CT molecular complexity index is 547. The van der Waals surface area contributed by atoms with Crippen molar-refractivity contribution >= 4 is 35.6 Å². The van der Waals surface area contributed by atoms with E-state index in [0.717, 1.165) is 45.2 Å². The lowest BCUT2D eigenvalue weighted by Crippen LogP contribution is -2.50. The van der Waals surface area contributed by atoms with Crippen LogP contribution in [0.1, 0.15) is 13.8 Å². The van der Waals surface area contributed by atoms with Gasteiger partial charge in [0.2, 0.25) is 0 Å². The van der Waals surface area contributed by atoms with Crippen LogP contribution in [0.2, 0.25) is 0 Å². The zero-order valence-corrected chi connectivity index (χ0v) is 17.6. The van der Waals surface area contributed by atoms with E-state index in [1.54, 1.807) is 0 Å². The Balaban J connectivity index is 0.00000312. The first-order valence-electron chi connectivity index (χ1n) is 8.74. The van der Waals surface area contributed by atoms with Crippen molar-refractivity contribution in [2.45, 2.75) is 19.9 Å². The number of halogens is 1. The van der Waals surface area contributed by atoms with Crippen LogP contribution in [0.5, 0.6) is 0 Å². The van der Waals surface area contributed by atoms with Gasteiger partial charge in [-0.1, -0.05) is 24.1 Å². The summed E-state index contributed by atoms with van der Waals surface area (Å²) < 4.78 is 0. The highest BCUT2D eigenvalue weighted by molar-refractivity contribution is 14.0. The smallest absolute Gasteiger partial charge is 0.192 e. The van der Waals surface area contributed by atoms with E-state index in [4.69, 9.17) is 6.42 Å². The van der Waals surface area contributed by atoms with Gasteiger partial charge in [0.25, 0.3) is 0 Å². The van der Waals surface area contributed by atoms with Crippen molar-refractivity contribution in [2.75, 3.05) is 50.7 Å². The van der Waals surface area contributed by atoms with Gasteiger partial charge in [0.05, 0.1) is 13.1 Å². The third kappa shape index (κ3) is 7.12. The van der Waals surface area contributed by atoms with Crippen molar-refractivity contribution in [1.29, 1.82) is 0 Å². The highest BCUT2D eigenvalue weighted by Crippen LogP contribution is 2.16. The second kappa shape index (κ2) is 12.0. The minimum absolute atomic E-state index is 0. The number of hydrogen-bond donors (Lipinski definition) is 2. The van der Waals surface area contributed by atoms with Crippen molar-refractivity contribution in [3.05, 3.63) is 30.3 Å². The van der Waals surface area contributed by atoms with E-state index in [9.17, 15) is 0 Å². The van der Waals surface area contributed by atoms with Gasteiger partial charge in [-0.3, -0.25) is 9.89 Å². The molecule has 138 valence electrons. The van der Waals surface area contributed by atoms with Crippen molar-refractivity contribution in [1.82, 2.24) is 15.5 Å². The standard InChI is InChI=1S/C19H29N5.HI/c1-4-11-21-19(20-5-2)22-16-17(3)23-12-14-24(15-13-23)18-9-7-6-8-10-18;/h1,6-10,17H,5,11-16H2,2-3H3,(H2,20,21,22);1H. The second-order valence-electron chi connectivity index (χ2n) is 5.98. The Labute approximate surface area is 169 Å². The number of para-hydroxylation sites is 1. The average Bonchev–Trinajstić information content (AvgIpc) is 2.64. The molecule has 0 aliphatic carbocycles. The largest absolute Gasteiger partial charge is 0.369 e. The van der Waals surface area contributed by atoms with E-state index in [0.29, 0.717) is 12.6 Å². The first-order valence-corrected chi connectivity index (χ1v) is 8.74. The van der Waals surface area contributed by atoms with Crippen molar-refractivity contribution < 1.29 is 0 Å². The molecule has 1 saturated heterocycles. The number of nitrogens with one attached hydrogen (secondary N) is 2. The van der Waals surface area contributed by atoms with Gasteiger partial charge in [0.1, 0.15) is 0 Å². The quantitative estimate of drug-likeness (QED) is 0.298. The van der Waals surface area contributed by atoms with E-state index in [1.165, 1.54) is 5.69 Å². The first-order chi connectivity index (χ1) is 11.7. The monoisotopic (exact) mass is 455 g/mol. The summed E-state index contributed by atoms with van der Waals surface area (Å²) in [5.41, 5.74) is 1.32. The summed E-state index contributed by atoms with van der Waals surface area (Å²) in [5.74, 6) is 3.38. The predicted molar refractivity (Wildman–Crippen MR) is 118 cm³/mol. The molecule has 0 aromatic heterocycles. The summed E-state index contributed by atoms with van der Waals surface area (Å²) in [6.07, 6.45) is 5.30. The minimum Gasteiger partial charge on any atom is -0.369 e. The molecule has 1 aromatic rings. The summed E-state index contributed by atoms with van der Waals surface area (Å²) in [5, 5.41) is 6.35. The van der Waals surface area contributed by atoms with Crippen LogP contribution in [0.3, 0.4) is 0 Å². The molecule has 0 amide bonds. The minimum atomic E-state index is 0. The Morgan fingerprint density at radius 1 is 1.20 bits per heavy atom. The van der Waals surface area contributed by atoms with Gasteiger partial charge in [-0.2, -0.15) is 0 Å². The van der Waals surface area contributed by atoms with Gasteiger partial charge in [0.15, 0.2) is 5.96 Å². The Morgan fingerprint density at radius 2 is 1.88 bits per heavy atom. The average molecular weight is 455 g/mol. The molecule has 1 aliphatic rings. The molecule has 1 fully saturated rings. The molecule has 1 heterocycles. The van der Waals surface area contributed by atoms with Crippen LogP contribution in [-0.4, -0.2) is 62.7 Å². The number of anilines is 1. The zero-order valence-electron chi connectivity index (χ0n) is 15.2. The first kappa shape index (κ1) is 21.6. The van der Waals surface area contributed by atoms with Crippen LogP contribution in [-0.2, 0) is 0 Å². The highest BCUT2D eigenvalue weighted by Gasteiger charge is 2.21. The summed E-state index contributed by atoms with van der Waals surface area (Å²) in [6, 6.07) is 11.1. The van der Waals surface area contributed by atoms with Gasteiger partial charge in [-0.25, -0.2) is 0 Å². The Kier molecular flexibility index (Phi) is 10.3. The summed E-state index contributed by atoms with van der Waals surface area (Å²) >= 11 is 0. The fourth-order valence-electron chi connectivity index (χ4n) is 2.88. The van der Waals surface area contributed by atoms with Gasteiger partial charge >= 0.3 is 0 Å². The molecule has 0 saturated carbocycles. The number of aliphatic imine (C=N–C) groups is 1. The third-order valence-corrected chi connectivity index (χ3v) is 4.27. The molecule has 0 spiro atoms.